The molecule has 0 fully saturated rings. The van der Waals surface area contributed by atoms with Crippen LogP contribution >= 0.6 is 0 Å². The molecule has 0 saturated carbocycles. The van der Waals surface area contributed by atoms with Gasteiger partial charge >= 0.3 is 0 Å². The molecule has 0 saturated heterocycles. The number of methoxy groups -OCH3 is 1. The molecule has 0 atom stereocenters. The summed E-state index contributed by atoms with van der Waals surface area (Å²) in [4.78, 5) is 0. The average Bonchev–Trinajstić information content (AvgIpc) is 3.04. The van der Waals surface area contributed by atoms with E-state index in [4.69, 9.17) is 4.74 Å². The Hall–Kier alpha value is -2.35. The van der Waals surface area contributed by atoms with Crippen molar-refractivity contribution in [1.29, 1.82) is 0 Å². The molecule has 0 aliphatic heterocycles. The number of hydrogen-bond donors (Lipinski definition) is 1. The smallest absolute Gasteiger partial charge is 0.278 e. The van der Waals surface area contributed by atoms with E-state index in [1.165, 1.54) is 23.9 Å². The predicted octanol–water partition coefficient (Wildman–Crippen LogP) is 3.91. The summed E-state index contributed by atoms with van der Waals surface area (Å²) in [5, 5.41) is 1.16. The highest BCUT2D eigenvalue weighted by molar-refractivity contribution is 7.87. The highest BCUT2D eigenvalue weighted by atomic mass is 32.2. The van der Waals surface area contributed by atoms with Gasteiger partial charge in [-0.15, -0.1) is 0 Å². The van der Waals surface area contributed by atoms with Crippen molar-refractivity contribution in [2.24, 2.45) is 5.92 Å². The Labute approximate surface area is 179 Å². The number of fused-ring (bicyclic) bond motifs is 1. The third kappa shape index (κ3) is 5.03. The van der Waals surface area contributed by atoms with Gasteiger partial charge in [0.15, 0.2) is 0 Å². The van der Waals surface area contributed by atoms with Crippen molar-refractivity contribution >= 4 is 21.1 Å². The summed E-state index contributed by atoms with van der Waals surface area (Å²) in [6.07, 6.45) is 2.79. The second kappa shape index (κ2) is 9.20. The standard InChI is InChI=1S/C23H31N3O3S/c1-17(2)15-26-16-20(12-13-24-30(27,28)25(3)4)22-11-8-19(14-23(22)26)18-6-9-21(29-5)10-7-18/h6-11,14,16-17,24H,12-13,15H2,1-5H3. The Morgan fingerprint density at radius 2 is 1.73 bits per heavy atom. The highest BCUT2D eigenvalue weighted by Crippen LogP contribution is 2.29. The van der Waals surface area contributed by atoms with Crippen LogP contribution in [0.2, 0.25) is 0 Å². The molecule has 7 heteroatoms. The molecule has 30 heavy (non-hydrogen) atoms. The maximum Gasteiger partial charge on any atom is 0.278 e. The molecule has 0 amide bonds. The number of nitrogens with zero attached hydrogens (tertiary/aromatic N) is 2. The summed E-state index contributed by atoms with van der Waals surface area (Å²) < 4.78 is 35.3. The zero-order valence-electron chi connectivity index (χ0n) is 18.3. The normalized spacial score (nSPS) is 12.2. The minimum Gasteiger partial charge on any atom is -0.497 e. The highest BCUT2D eigenvalue weighted by Gasteiger charge is 2.15. The van der Waals surface area contributed by atoms with Gasteiger partial charge in [0.05, 0.1) is 7.11 Å². The lowest BCUT2D eigenvalue weighted by Crippen LogP contribution is -2.36. The Morgan fingerprint density at radius 1 is 1.07 bits per heavy atom. The molecular weight excluding hydrogens is 398 g/mol. The molecular formula is C23H31N3O3S. The van der Waals surface area contributed by atoms with Crippen LogP contribution in [-0.4, -0.2) is 45.0 Å². The van der Waals surface area contributed by atoms with Crippen LogP contribution in [0.4, 0.5) is 0 Å². The zero-order chi connectivity index (χ0) is 21.9. The van der Waals surface area contributed by atoms with Crippen LogP contribution in [0.3, 0.4) is 0 Å². The van der Waals surface area contributed by atoms with Crippen molar-refractivity contribution < 1.29 is 13.2 Å². The second-order valence-corrected chi connectivity index (χ2v) is 10.1. The van der Waals surface area contributed by atoms with E-state index in [1.807, 2.05) is 12.1 Å². The van der Waals surface area contributed by atoms with Gasteiger partial charge in [-0.2, -0.15) is 12.7 Å². The first kappa shape index (κ1) is 22.3. The van der Waals surface area contributed by atoms with Crippen molar-refractivity contribution in [1.82, 2.24) is 13.6 Å². The van der Waals surface area contributed by atoms with E-state index in [0.29, 0.717) is 18.9 Å². The van der Waals surface area contributed by atoms with Gasteiger partial charge in [-0.25, -0.2) is 4.72 Å². The summed E-state index contributed by atoms with van der Waals surface area (Å²) >= 11 is 0. The van der Waals surface area contributed by atoms with Gasteiger partial charge in [0, 0.05) is 44.3 Å². The summed E-state index contributed by atoms with van der Waals surface area (Å²) in [5.74, 6) is 1.34. The number of hydrogen-bond acceptors (Lipinski definition) is 3. The third-order valence-electron chi connectivity index (χ3n) is 5.11. The van der Waals surface area contributed by atoms with Crippen molar-refractivity contribution in [3.63, 3.8) is 0 Å². The molecule has 1 heterocycles. The molecule has 0 spiro atoms. The van der Waals surface area contributed by atoms with E-state index in [2.05, 4.69) is 59.7 Å². The summed E-state index contributed by atoms with van der Waals surface area (Å²) in [7, 11) is 1.30. The topological polar surface area (TPSA) is 63.6 Å². The lowest BCUT2D eigenvalue weighted by atomic mass is 10.0. The monoisotopic (exact) mass is 429 g/mol. The van der Waals surface area contributed by atoms with E-state index in [1.54, 1.807) is 7.11 Å². The van der Waals surface area contributed by atoms with Crippen LogP contribution < -0.4 is 9.46 Å². The quantitative estimate of drug-likeness (QED) is 0.561. The van der Waals surface area contributed by atoms with Crippen molar-refractivity contribution in [2.75, 3.05) is 27.7 Å². The number of rotatable bonds is 9. The number of aromatic nitrogens is 1. The van der Waals surface area contributed by atoms with Gasteiger partial charge in [-0.1, -0.05) is 38.1 Å². The van der Waals surface area contributed by atoms with Crippen LogP contribution in [0.25, 0.3) is 22.0 Å². The zero-order valence-corrected chi connectivity index (χ0v) is 19.2. The van der Waals surface area contributed by atoms with E-state index < -0.39 is 10.2 Å². The Bertz CT molecular complexity index is 1100. The predicted molar refractivity (Wildman–Crippen MR) is 123 cm³/mol. The maximum atomic E-state index is 12.0. The van der Waals surface area contributed by atoms with Crippen LogP contribution in [0.1, 0.15) is 19.4 Å². The molecule has 0 radical (unpaired) electrons. The second-order valence-electron chi connectivity index (χ2n) is 8.09. The molecule has 0 unspecified atom stereocenters. The summed E-state index contributed by atoms with van der Waals surface area (Å²) in [5.41, 5.74) is 4.60. The molecule has 0 aliphatic rings. The lowest BCUT2D eigenvalue weighted by Gasteiger charge is -2.11. The van der Waals surface area contributed by atoms with Gasteiger partial charge in [0.1, 0.15) is 5.75 Å². The fourth-order valence-corrected chi connectivity index (χ4v) is 4.14. The Morgan fingerprint density at radius 3 is 2.33 bits per heavy atom. The van der Waals surface area contributed by atoms with Crippen LogP contribution in [0.5, 0.6) is 5.75 Å². The lowest BCUT2D eigenvalue weighted by molar-refractivity contribution is 0.415. The molecule has 162 valence electrons. The molecule has 0 bridgehead atoms. The molecule has 3 rings (SSSR count). The van der Waals surface area contributed by atoms with Gasteiger partial charge in [0.25, 0.3) is 10.2 Å². The number of ether oxygens (including phenoxy) is 1. The molecule has 2 aromatic carbocycles. The van der Waals surface area contributed by atoms with Gasteiger partial charge < -0.3 is 9.30 Å². The van der Waals surface area contributed by atoms with E-state index in [0.717, 1.165) is 34.4 Å². The van der Waals surface area contributed by atoms with Crippen molar-refractivity contribution in [3.05, 3.63) is 54.2 Å². The maximum absolute atomic E-state index is 12.0. The minimum absolute atomic E-state index is 0.363. The SMILES string of the molecule is COc1ccc(-c2ccc3c(CCNS(=O)(=O)N(C)C)cn(CC(C)C)c3c2)cc1. The molecule has 0 aliphatic carbocycles. The van der Waals surface area contributed by atoms with Gasteiger partial charge in [-0.3, -0.25) is 0 Å². The average molecular weight is 430 g/mol. The minimum atomic E-state index is -3.42. The first-order chi connectivity index (χ1) is 14.2. The van der Waals surface area contributed by atoms with Crippen LogP contribution in [0.15, 0.2) is 48.7 Å². The van der Waals surface area contributed by atoms with Crippen molar-refractivity contribution in [2.45, 2.75) is 26.8 Å². The van der Waals surface area contributed by atoms with Gasteiger partial charge in [0.2, 0.25) is 0 Å². The van der Waals surface area contributed by atoms with Crippen LogP contribution in [0, 0.1) is 5.92 Å². The fourth-order valence-electron chi connectivity index (χ4n) is 3.52. The van der Waals surface area contributed by atoms with Crippen molar-refractivity contribution in [3.8, 4) is 16.9 Å². The fraction of sp³-hybridized carbons (Fsp3) is 0.391. The summed E-state index contributed by atoms with van der Waals surface area (Å²) in [6, 6.07) is 14.5. The first-order valence-corrected chi connectivity index (χ1v) is 11.6. The Balaban J connectivity index is 1.92. The van der Waals surface area contributed by atoms with E-state index in [9.17, 15) is 8.42 Å². The molecule has 6 nitrogen and oxygen atoms in total. The Kier molecular flexibility index (Phi) is 6.85. The van der Waals surface area contributed by atoms with Crippen LogP contribution in [-0.2, 0) is 23.2 Å². The number of nitrogens with one attached hydrogen (secondary N) is 1. The largest absolute Gasteiger partial charge is 0.497 e. The summed E-state index contributed by atoms with van der Waals surface area (Å²) in [6.45, 7) is 5.67. The number of benzene rings is 2. The third-order valence-corrected chi connectivity index (χ3v) is 6.64. The van der Waals surface area contributed by atoms with Gasteiger partial charge in [-0.05, 0) is 47.2 Å². The first-order valence-electron chi connectivity index (χ1n) is 10.1. The molecule has 1 aromatic heterocycles. The molecule has 3 aromatic rings. The van der Waals surface area contributed by atoms with E-state index in [-0.39, 0.29) is 0 Å². The van der Waals surface area contributed by atoms with E-state index >= 15 is 0 Å². The molecule has 1 N–H and O–H groups in total.